The van der Waals surface area contributed by atoms with Gasteiger partial charge in [-0.2, -0.15) is 5.10 Å². The monoisotopic (exact) mass is 392 g/mol. The molecule has 1 N–H and O–H groups in total. The molecular weight excluding hydrogens is 364 g/mol. The number of rotatable bonds is 7. The molecule has 3 aromatic rings. The summed E-state index contributed by atoms with van der Waals surface area (Å²) in [5.41, 5.74) is 2.91. The van der Waals surface area contributed by atoms with Crippen LogP contribution in [0.4, 0.5) is 0 Å². The molecule has 1 unspecified atom stereocenters. The molecule has 0 aliphatic rings. The van der Waals surface area contributed by atoms with Crippen LogP contribution in [0.5, 0.6) is 0 Å². The lowest BCUT2D eigenvalue weighted by Gasteiger charge is -2.25. The molecule has 1 atom stereocenters. The highest BCUT2D eigenvalue weighted by Crippen LogP contribution is 2.19. The first-order valence-corrected chi connectivity index (χ1v) is 9.87. The van der Waals surface area contributed by atoms with E-state index in [0.717, 1.165) is 17.4 Å². The lowest BCUT2D eigenvalue weighted by Crippen LogP contribution is -2.35. The zero-order valence-corrected chi connectivity index (χ0v) is 17.5. The number of nitrogens with zero attached hydrogens (tertiary/aromatic N) is 3. The fraction of sp³-hybridized carbons (Fsp3) is 0.348. The van der Waals surface area contributed by atoms with Gasteiger partial charge in [-0.15, -0.1) is 0 Å². The van der Waals surface area contributed by atoms with Crippen LogP contribution in [-0.4, -0.2) is 41.2 Å². The minimum Gasteiger partial charge on any atom is -0.354 e. The van der Waals surface area contributed by atoms with E-state index in [2.05, 4.69) is 46.5 Å². The third-order valence-electron chi connectivity index (χ3n) is 5.25. The Labute approximate surface area is 171 Å². The van der Waals surface area contributed by atoms with Crippen LogP contribution in [0.1, 0.15) is 29.8 Å². The lowest BCUT2D eigenvalue weighted by molar-refractivity contribution is -0.120. The third kappa shape index (κ3) is 4.71. The summed E-state index contributed by atoms with van der Waals surface area (Å²) in [5.74, 6) is -0.113. The van der Waals surface area contributed by atoms with Gasteiger partial charge in [0.15, 0.2) is 0 Å². The molecule has 0 fully saturated rings. The summed E-state index contributed by atoms with van der Waals surface area (Å²) >= 11 is 0. The summed E-state index contributed by atoms with van der Waals surface area (Å²) < 4.78 is 1.29. The summed E-state index contributed by atoms with van der Waals surface area (Å²) in [6, 6.07) is 15.9. The second-order valence-corrected chi connectivity index (χ2v) is 7.48. The standard InChI is InChI=1S/C23H28N4O2/c1-5-16-10-12-17(13-11-16)21(26(2)3)15-24-22(28)14-20-18-8-6-7-9-19(18)23(29)27(4)25-20/h6-13,21H,5,14-15H2,1-4H3,(H,24,28). The van der Waals surface area contributed by atoms with Gasteiger partial charge >= 0.3 is 0 Å². The van der Waals surface area contributed by atoms with Crippen molar-refractivity contribution < 1.29 is 4.79 Å². The van der Waals surface area contributed by atoms with E-state index in [1.165, 1.54) is 10.2 Å². The van der Waals surface area contributed by atoms with E-state index in [-0.39, 0.29) is 23.9 Å². The third-order valence-corrected chi connectivity index (χ3v) is 5.25. The Balaban J connectivity index is 1.74. The first kappa shape index (κ1) is 20.7. The SMILES string of the molecule is CCc1ccc(C(CNC(=O)Cc2nn(C)c(=O)c3ccccc23)N(C)C)cc1. The molecule has 6 heteroatoms. The van der Waals surface area contributed by atoms with E-state index in [0.29, 0.717) is 17.6 Å². The van der Waals surface area contributed by atoms with Gasteiger partial charge in [-0.1, -0.05) is 49.4 Å². The van der Waals surface area contributed by atoms with Gasteiger partial charge in [0.1, 0.15) is 0 Å². The van der Waals surface area contributed by atoms with Crippen molar-refractivity contribution in [3.63, 3.8) is 0 Å². The Morgan fingerprint density at radius 2 is 1.76 bits per heavy atom. The van der Waals surface area contributed by atoms with Crippen molar-refractivity contribution in [3.8, 4) is 0 Å². The summed E-state index contributed by atoms with van der Waals surface area (Å²) in [4.78, 5) is 27.0. The Hall–Kier alpha value is -2.99. The number of aryl methyl sites for hydroxylation is 2. The average molecular weight is 393 g/mol. The van der Waals surface area contributed by atoms with Crippen molar-refractivity contribution in [1.82, 2.24) is 20.0 Å². The molecule has 0 spiro atoms. The molecule has 0 aliphatic carbocycles. The van der Waals surface area contributed by atoms with Crippen molar-refractivity contribution in [2.24, 2.45) is 7.05 Å². The number of hydrogen-bond acceptors (Lipinski definition) is 4. The zero-order valence-electron chi connectivity index (χ0n) is 17.5. The molecule has 2 aromatic carbocycles. The number of aromatic nitrogens is 2. The number of fused-ring (bicyclic) bond motifs is 1. The maximum Gasteiger partial charge on any atom is 0.274 e. The first-order valence-electron chi connectivity index (χ1n) is 9.87. The molecule has 0 aliphatic heterocycles. The Morgan fingerprint density at radius 1 is 1.10 bits per heavy atom. The van der Waals surface area contributed by atoms with Crippen LogP contribution < -0.4 is 10.9 Å². The van der Waals surface area contributed by atoms with Gasteiger partial charge < -0.3 is 10.2 Å². The Morgan fingerprint density at radius 3 is 2.38 bits per heavy atom. The highest BCUT2D eigenvalue weighted by molar-refractivity contribution is 5.88. The van der Waals surface area contributed by atoms with Gasteiger partial charge in [0, 0.05) is 19.0 Å². The van der Waals surface area contributed by atoms with E-state index >= 15 is 0 Å². The molecule has 1 heterocycles. The fourth-order valence-electron chi connectivity index (χ4n) is 3.51. The van der Waals surface area contributed by atoms with Gasteiger partial charge in [0.2, 0.25) is 5.91 Å². The molecule has 1 amide bonds. The highest BCUT2D eigenvalue weighted by Gasteiger charge is 2.17. The van der Waals surface area contributed by atoms with Gasteiger partial charge in [-0.3, -0.25) is 9.59 Å². The quantitative estimate of drug-likeness (QED) is 0.671. The maximum atomic E-state index is 12.7. The second kappa shape index (κ2) is 9.01. The van der Waals surface area contributed by atoms with E-state index in [9.17, 15) is 9.59 Å². The lowest BCUT2D eigenvalue weighted by atomic mass is 10.0. The molecule has 6 nitrogen and oxygen atoms in total. The van der Waals surface area contributed by atoms with Crippen LogP contribution in [0.2, 0.25) is 0 Å². The molecule has 3 rings (SSSR count). The molecular formula is C23H28N4O2. The normalized spacial score (nSPS) is 12.3. The van der Waals surface area contributed by atoms with Crippen LogP contribution in [-0.2, 0) is 24.7 Å². The molecule has 0 radical (unpaired) electrons. The fourth-order valence-corrected chi connectivity index (χ4v) is 3.51. The average Bonchev–Trinajstić information content (AvgIpc) is 2.72. The van der Waals surface area contributed by atoms with Crippen molar-refractivity contribution in [3.05, 3.63) is 75.7 Å². The second-order valence-electron chi connectivity index (χ2n) is 7.48. The first-order chi connectivity index (χ1) is 13.9. The topological polar surface area (TPSA) is 67.2 Å². The summed E-state index contributed by atoms with van der Waals surface area (Å²) in [5, 5.41) is 8.65. The Kier molecular flexibility index (Phi) is 6.44. The number of carbonyl (C=O) groups is 1. The molecule has 0 saturated heterocycles. The number of benzene rings is 2. The van der Waals surface area contributed by atoms with E-state index in [1.807, 2.05) is 32.3 Å². The van der Waals surface area contributed by atoms with Gasteiger partial charge in [-0.25, -0.2) is 4.68 Å². The van der Waals surface area contributed by atoms with Crippen LogP contribution in [0.25, 0.3) is 10.8 Å². The highest BCUT2D eigenvalue weighted by atomic mass is 16.1. The molecule has 0 saturated carbocycles. The summed E-state index contributed by atoms with van der Waals surface area (Å²) in [7, 11) is 5.62. The summed E-state index contributed by atoms with van der Waals surface area (Å²) in [6.07, 6.45) is 1.13. The molecule has 0 bridgehead atoms. The number of carbonyl (C=O) groups excluding carboxylic acids is 1. The van der Waals surface area contributed by atoms with Crippen molar-refractivity contribution in [2.45, 2.75) is 25.8 Å². The van der Waals surface area contributed by atoms with Gasteiger partial charge in [0.25, 0.3) is 5.56 Å². The van der Waals surface area contributed by atoms with E-state index in [1.54, 1.807) is 13.1 Å². The van der Waals surface area contributed by atoms with Crippen LogP contribution in [0.15, 0.2) is 53.3 Å². The largest absolute Gasteiger partial charge is 0.354 e. The zero-order chi connectivity index (χ0) is 21.0. The van der Waals surface area contributed by atoms with Crippen molar-refractivity contribution in [2.75, 3.05) is 20.6 Å². The van der Waals surface area contributed by atoms with Crippen LogP contribution in [0, 0.1) is 0 Å². The smallest absolute Gasteiger partial charge is 0.274 e. The number of likely N-dealkylation sites (N-methyl/N-ethyl adjacent to an activating group) is 1. The minimum atomic E-state index is -0.159. The van der Waals surface area contributed by atoms with Gasteiger partial charge in [-0.05, 0) is 37.7 Å². The predicted molar refractivity (Wildman–Crippen MR) is 116 cm³/mol. The van der Waals surface area contributed by atoms with Crippen molar-refractivity contribution in [1.29, 1.82) is 0 Å². The van der Waals surface area contributed by atoms with E-state index in [4.69, 9.17) is 0 Å². The Bertz CT molecular complexity index is 1050. The van der Waals surface area contributed by atoms with Gasteiger partial charge in [0.05, 0.1) is 23.5 Å². The number of nitrogens with one attached hydrogen (secondary N) is 1. The minimum absolute atomic E-state index is 0.0784. The molecule has 1 aromatic heterocycles. The van der Waals surface area contributed by atoms with Crippen LogP contribution in [0.3, 0.4) is 0 Å². The predicted octanol–water partition coefficient (Wildman–Crippen LogP) is 2.46. The van der Waals surface area contributed by atoms with Crippen LogP contribution >= 0.6 is 0 Å². The number of hydrogen-bond donors (Lipinski definition) is 1. The molecule has 29 heavy (non-hydrogen) atoms. The molecule has 152 valence electrons. The maximum absolute atomic E-state index is 12.7. The van der Waals surface area contributed by atoms with Crippen molar-refractivity contribution >= 4 is 16.7 Å². The van der Waals surface area contributed by atoms with E-state index < -0.39 is 0 Å². The number of amides is 1. The summed E-state index contributed by atoms with van der Waals surface area (Å²) in [6.45, 7) is 2.64.